The third-order valence-electron chi connectivity index (χ3n) is 9.31. The first kappa shape index (κ1) is 26.7. The van der Waals surface area contributed by atoms with Gasteiger partial charge in [0, 0.05) is 5.02 Å². The van der Waals surface area contributed by atoms with Gasteiger partial charge in [0.25, 0.3) is 0 Å². The molecule has 1 heteroatoms. The van der Waals surface area contributed by atoms with E-state index in [1.807, 2.05) is 6.07 Å². The van der Waals surface area contributed by atoms with Gasteiger partial charge in [0.2, 0.25) is 0 Å². The van der Waals surface area contributed by atoms with Crippen LogP contribution in [0.15, 0.2) is 152 Å². The van der Waals surface area contributed by atoms with Crippen LogP contribution in [0.3, 0.4) is 0 Å². The lowest BCUT2D eigenvalue weighted by Crippen LogP contribution is -2.27. The van der Waals surface area contributed by atoms with Crippen molar-refractivity contribution in [2.45, 2.75) is 19.3 Å². The molecule has 210 valence electrons. The Kier molecular flexibility index (Phi) is 6.29. The average Bonchev–Trinajstić information content (AvgIpc) is 3.53. The third kappa shape index (κ3) is 3.91. The second kappa shape index (κ2) is 10.4. The molecule has 0 nitrogen and oxygen atoms in total. The molecule has 44 heavy (non-hydrogen) atoms. The van der Waals surface area contributed by atoms with E-state index in [1.54, 1.807) is 0 Å². The zero-order chi connectivity index (χ0) is 29.8. The zero-order valence-corrected chi connectivity index (χ0v) is 25.6. The highest BCUT2D eigenvalue weighted by Crippen LogP contribution is 2.67. The minimum absolute atomic E-state index is 0.598. The second-order valence-electron chi connectivity index (χ2n) is 11.9. The molecule has 1 unspecified atom stereocenters. The summed E-state index contributed by atoms with van der Waals surface area (Å²) in [6, 6.07) is 55.5. The second-order valence-corrected chi connectivity index (χ2v) is 12.4. The Morgan fingerprint density at radius 1 is 0.409 bits per heavy atom. The molecule has 8 rings (SSSR count). The van der Waals surface area contributed by atoms with Crippen LogP contribution in [-0.2, 0) is 5.41 Å². The van der Waals surface area contributed by atoms with Crippen LogP contribution in [0.5, 0.6) is 0 Å². The molecule has 2 aliphatic rings. The molecule has 1 atom stereocenters. The quantitative estimate of drug-likeness (QED) is 0.194. The number of rotatable bonds is 4. The van der Waals surface area contributed by atoms with E-state index in [-0.39, 0.29) is 0 Å². The van der Waals surface area contributed by atoms with Gasteiger partial charge in [0.1, 0.15) is 0 Å². The lowest BCUT2D eigenvalue weighted by atomic mass is 9.65. The van der Waals surface area contributed by atoms with Crippen molar-refractivity contribution in [3.63, 3.8) is 0 Å². The van der Waals surface area contributed by atoms with Crippen LogP contribution < -0.4 is 0 Å². The van der Waals surface area contributed by atoms with Gasteiger partial charge < -0.3 is 0 Å². The van der Waals surface area contributed by atoms with Gasteiger partial charge in [-0.1, -0.05) is 162 Å². The van der Waals surface area contributed by atoms with Crippen molar-refractivity contribution >= 4 is 33.9 Å². The smallest absolute Gasteiger partial charge is 0.0738 e. The Morgan fingerprint density at radius 3 is 1.48 bits per heavy atom. The average molecular weight is 583 g/mol. The summed E-state index contributed by atoms with van der Waals surface area (Å²) in [7, 11) is 0. The van der Waals surface area contributed by atoms with Crippen molar-refractivity contribution in [1.82, 2.24) is 0 Å². The molecule has 0 aliphatic heterocycles. The highest BCUT2D eigenvalue weighted by atomic mass is 35.5. The lowest BCUT2D eigenvalue weighted by Gasteiger charge is -2.35. The molecule has 2 aliphatic carbocycles. The summed E-state index contributed by atoms with van der Waals surface area (Å²) in [5.41, 5.74) is 16.9. The van der Waals surface area contributed by atoms with Gasteiger partial charge in [-0.25, -0.2) is 0 Å². The topological polar surface area (TPSA) is 0 Å². The summed E-state index contributed by atoms with van der Waals surface area (Å²) in [6.45, 7) is 4.31. The Labute approximate surface area is 264 Å². The van der Waals surface area contributed by atoms with E-state index in [4.69, 9.17) is 11.6 Å². The normalized spacial score (nSPS) is 16.9. The molecular formula is C43H31Cl. The van der Waals surface area contributed by atoms with Crippen LogP contribution in [-0.4, -0.2) is 0 Å². The maximum atomic E-state index is 6.95. The molecule has 0 heterocycles. The number of benzene rings is 6. The van der Waals surface area contributed by atoms with Gasteiger partial charge >= 0.3 is 0 Å². The fourth-order valence-electron chi connectivity index (χ4n) is 7.50. The number of allylic oxidation sites excluding steroid dienone is 2. The van der Waals surface area contributed by atoms with Gasteiger partial charge in [0.05, 0.1) is 5.41 Å². The van der Waals surface area contributed by atoms with Gasteiger partial charge in [-0.2, -0.15) is 0 Å². The first-order valence-corrected chi connectivity index (χ1v) is 15.6. The molecular weight excluding hydrogens is 552 g/mol. The molecule has 0 amide bonds. The fourth-order valence-corrected chi connectivity index (χ4v) is 7.67. The molecule has 0 bridgehead atoms. The maximum absolute atomic E-state index is 6.95. The van der Waals surface area contributed by atoms with Gasteiger partial charge in [-0.05, 0) is 92.8 Å². The Morgan fingerprint density at radius 2 is 0.864 bits per heavy atom. The number of fused-ring (bicyclic) bond motifs is 4. The van der Waals surface area contributed by atoms with Crippen LogP contribution in [0.4, 0.5) is 0 Å². The molecule has 0 N–H and O–H groups in total. The SMILES string of the molecule is Cc1ccc(C2=C(c3ccc(C)cc3)C3(C(c4ccccc4)=C(c4ccccc4)c4ccccc43)c3cc(Cl)ccc32)cc1. The summed E-state index contributed by atoms with van der Waals surface area (Å²) >= 11 is 6.95. The van der Waals surface area contributed by atoms with E-state index in [1.165, 1.54) is 77.9 Å². The maximum Gasteiger partial charge on any atom is 0.0738 e. The fraction of sp³-hybridized carbons (Fsp3) is 0.0698. The molecule has 0 saturated heterocycles. The molecule has 0 radical (unpaired) electrons. The minimum Gasteiger partial charge on any atom is -0.0843 e. The molecule has 0 saturated carbocycles. The highest BCUT2D eigenvalue weighted by molar-refractivity contribution is 6.31. The number of hydrogen-bond acceptors (Lipinski definition) is 0. The molecule has 6 aromatic carbocycles. The highest BCUT2D eigenvalue weighted by Gasteiger charge is 2.55. The Balaban J connectivity index is 1.63. The van der Waals surface area contributed by atoms with E-state index in [0.717, 1.165) is 5.02 Å². The minimum atomic E-state index is -0.598. The summed E-state index contributed by atoms with van der Waals surface area (Å²) in [6.07, 6.45) is 0. The van der Waals surface area contributed by atoms with Crippen molar-refractivity contribution in [1.29, 1.82) is 0 Å². The number of aryl methyl sites for hydroxylation is 2. The van der Waals surface area contributed by atoms with E-state index >= 15 is 0 Å². The largest absolute Gasteiger partial charge is 0.0843 e. The summed E-state index contributed by atoms with van der Waals surface area (Å²) in [4.78, 5) is 0. The molecule has 0 aromatic heterocycles. The predicted molar refractivity (Wildman–Crippen MR) is 186 cm³/mol. The van der Waals surface area contributed by atoms with E-state index < -0.39 is 5.41 Å². The van der Waals surface area contributed by atoms with Crippen molar-refractivity contribution in [3.8, 4) is 0 Å². The van der Waals surface area contributed by atoms with E-state index in [2.05, 4.69) is 159 Å². The number of halogens is 1. The van der Waals surface area contributed by atoms with Crippen LogP contribution in [0.1, 0.15) is 55.6 Å². The molecule has 0 fully saturated rings. The lowest BCUT2D eigenvalue weighted by molar-refractivity contribution is 0.891. The Hall–Kier alpha value is -4.91. The zero-order valence-electron chi connectivity index (χ0n) is 24.8. The van der Waals surface area contributed by atoms with Crippen LogP contribution >= 0.6 is 11.6 Å². The number of hydrogen-bond donors (Lipinski definition) is 0. The third-order valence-corrected chi connectivity index (χ3v) is 9.55. The van der Waals surface area contributed by atoms with Crippen LogP contribution in [0.2, 0.25) is 5.02 Å². The summed E-state index contributed by atoms with van der Waals surface area (Å²) < 4.78 is 0. The predicted octanol–water partition coefficient (Wildman–Crippen LogP) is 11.2. The van der Waals surface area contributed by atoms with Gasteiger partial charge in [-0.15, -0.1) is 0 Å². The molecule has 6 aromatic rings. The monoisotopic (exact) mass is 582 g/mol. The van der Waals surface area contributed by atoms with Crippen molar-refractivity contribution < 1.29 is 0 Å². The summed E-state index contributed by atoms with van der Waals surface area (Å²) in [5, 5.41) is 0.745. The molecule has 1 spiro atoms. The van der Waals surface area contributed by atoms with Crippen LogP contribution in [0.25, 0.3) is 22.3 Å². The van der Waals surface area contributed by atoms with Gasteiger partial charge in [0.15, 0.2) is 0 Å². The van der Waals surface area contributed by atoms with Crippen molar-refractivity contribution in [2.75, 3.05) is 0 Å². The van der Waals surface area contributed by atoms with Crippen molar-refractivity contribution in [3.05, 3.63) is 212 Å². The standard InChI is InChI=1S/C43H31Cl/c1-28-17-21-31(22-18-28)40-36-26-25-34(44)27-38(36)43(42(40)33-23-19-29(2)20-24-33)37-16-10-9-15-35(37)39(30-11-5-3-6-12-30)41(43)32-13-7-4-8-14-32/h3-27H,1-2H3. The first-order valence-electron chi connectivity index (χ1n) is 15.2. The Bertz CT molecular complexity index is 2100. The van der Waals surface area contributed by atoms with E-state index in [0.29, 0.717) is 0 Å². The van der Waals surface area contributed by atoms with E-state index in [9.17, 15) is 0 Å². The summed E-state index contributed by atoms with van der Waals surface area (Å²) in [5.74, 6) is 0. The van der Waals surface area contributed by atoms with Gasteiger partial charge in [-0.3, -0.25) is 0 Å². The van der Waals surface area contributed by atoms with Crippen molar-refractivity contribution in [2.24, 2.45) is 0 Å². The van der Waals surface area contributed by atoms with Crippen LogP contribution in [0, 0.1) is 13.8 Å². The first-order chi connectivity index (χ1) is 21.6.